The number of nitrogens with two attached hydrogens (primary N) is 1. The van der Waals surface area contributed by atoms with E-state index in [9.17, 15) is 18.0 Å². The molecule has 1 aromatic heterocycles. The first-order valence-corrected chi connectivity index (χ1v) is 8.96. The zero-order valence-electron chi connectivity index (χ0n) is 15.5. The van der Waals surface area contributed by atoms with Gasteiger partial charge in [0.25, 0.3) is 0 Å². The fourth-order valence-corrected chi connectivity index (χ4v) is 3.10. The maximum Gasteiger partial charge on any atom is 0.418 e. The van der Waals surface area contributed by atoms with Gasteiger partial charge in [-0.25, -0.2) is 18.0 Å². The molecule has 1 heterocycles. The maximum absolute atomic E-state index is 14.2. The molecule has 0 radical (unpaired) electrons. The smallest absolute Gasteiger partial charge is 0.399 e. The summed E-state index contributed by atoms with van der Waals surface area (Å²) >= 11 is 0. The van der Waals surface area contributed by atoms with Gasteiger partial charge >= 0.3 is 6.09 Å². The van der Waals surface area contributed by atoms with Gasteiger partial charge in [-0.1, -0.05) is 6.07 Å². The van der Waals surface area contributed by atoms with Crippen LogP contribution in [0.3, 0.4) is 0 Å². The lowest BCUT2D eigenvalue weighted by molar-refractivity contribution is 0.211. The van der Waals surface area contributed by atoms with Crippen LogP contribution in [0.1, 0.15) is 5.56 Å². The summed E-state index contributed by atoms with van der Waals surface area (Å²) in [6.07, 6.45) is -0.807. The van der Waals surface area contributed by atoms with Crippen molar-refractivity contribution in [2.24, 2.45) is 0 Å². The largest absolute Gasteiger partial charge is 0.418 e. The molecule has 0 aliphatic carbocycles. The van der Waals surface area contributed by atoms with Crippen molar-refractivity contribution >= 4 is 28.4 Å². The molecule has 0 atom stereocenters. The van der Waals surface area contributed by atoms with Crippen molar-refractivity contribution in [1.29, 1.82) is 0 Å². The third kappa shape index (κ3) is 4.07. The number of hydrogen-bond acceptors (Lipinski definition) is 3. The number of fused-ring (bicyclic) bond motifs is 1. The molecular weight excluding hydrogens is 395 g/mol. The molecule has 30 heavy (non-hydrogen) atoms. The van der Waals surface area contributed by atoms with Crippen molar-refractivity contribution in [3.63, 3.8) is 0 Å². The molecule has 0 aliphatic rings. The van der Waals surface area contributed by atoms with Gasteiger partial charge in [-0.3, -0.25) is 5.32 Å². The number of amides is 1. The van der Waals surface area contributed by atoms with Crippen molar-refractivity contribution in [1.82, 2.24) is 4.57 Å². The van der Waals surface area contributed by atoms with Crippen molar-refractivity contribution in [3.8, 4) is 5.88 Å². The second kappa shape index (κ2) is 7.82. The molecule has 0 unspecified atom stereocenters. The molecule has 0 fully saturated rings. The molecule has 4 rings (SSSR count). The van der Waals surface area contributed by atoms with Crippen molar-refractivity contribution in [2.45, 2.75) is 6.54 Å². The SMILES string of the molecule is Nc1ccc2c(c1)cc(OC(=O)Nc1ccc(F)cc1)n2Cc1ccc(F)cc1F. The Labute approximate surface area is 169 Å². The van der Waals surface area contributed by atoms with E-state index in [1.54, 1.807) is 28.8 Å². The second-order valence-electron chi connectivity index (χ2n) is 6.64. The lowest BCUT2D eigenvalue weighted by atomic mass is 10.2. The van der Waals surface area contributed by atoms with E-state index in [1.807, 2.05) is 0 Å². The number of anilines is 2. The van der Waals surface area contributed by atoms with Crippen LogP contribution in [-0.4, -0.2) is 10.7 Å². The molecule has 0 saturated carbocycles. The van der Waals surface area contributed by atoms with Gasteiger partial charge in [0.15, 0.2) is 0 Å². The van der Waals surface area contributed by atoms with Crippen LogP contribution < -0.4 is 15.8 Å². The molecule has 8 heteroatoms. The number of nitrogen functional groups attached to an aromatic ring is 1. The first-order chi connectivity index (χ1) is 14.4. The number of carbonyl (C=O) groups is 1. The van der Waals surface area contributed by atoms with E-state index in [1.165, 1.54) is 30.3 Å². The molecule has 152 valence electrons. The number of hydrogen-bond donors (Lipinski definition) is 2. The summed E-state index contributed by atoms with van der Waals surface area (Å²) in [5, 5.41) is 3.18. The van der Waals surface area contributed by atoms with Crippen LogP contribution >= 0.6 is 0 Å². The number of aromatic nitrogens is 1. The highest BCUT2D eigenvalue weighted by Gasteiger charge is 2.16. The molecular formula is C22H16F3N3O2. The standard InChI is InChI=1S/C22H16F3N3O2/c23-15-3-6-18(7-4-15)27-22(29)30-21-10-14-9-17(26)5-8-20(14)28(21)12-13-1-2-16(24)11-19(13)25/h1-11H,12,26H2,(H,27,29). The summed E-state index contributed by atoms with van der Waals surface area (Å²) < 4.78 is 47.5. The first kappa shape index (κ1) is 19.4. The molecule has 1 amide bonds. The molecule has 0 aliphatic heterocycles. The van der Waals surface area contributed by atoms with Gasteiger partial charge in [0.1, 0.15) is 17.5 Å². The molecule has 0 bridgehead atoms. The van der Waals surface area contributed by atoms with Crippen molar-refractivity contribution < 1.29 is 22.7 Å². The summed E-state index contributed by atoms with van der Waals surface area (Å²) in [5.74, 6) is -1.70. The Bertz CT molecular complexity index is 1240. The monoisotopic (exact) mass is 411 g/mol. The minimum absolute atomic E-state index is 0.00130. The van der Waals surface area contributed by atoms with Crippen LogP contribution in [0.5, 0.6) is 5.88 Å². The molecule has 5 nitrogen and oxygen atoms in total. The molecule has 0 spiro atoms. The topological polar surface area (TPSA) is 69.3 Å². The van der Waals surface area contributed by atoms with E-state index in [-0.39, 0.29) is 18.0 Å². The number of rotatable bonds is 4. The minimum atomic E-state index is -0.807. The van der Waals surface area contributed by atoms with E-state index in [4.69, 9.17) is 10.5 Å². The number of nitrogens with one attached hydrogen (secondary N) is 1. The highest BCUT2D eigenvalue weighted by atomic mass is 19.1. The third-order valence-corrected chi connectivity index (χ3v) is 4.52. The fourth-order valence-electron chi connectivity index (χ4n) is 3.10. The Hall–Kier alpha value is -3.94. The summed E-state index contributed by atoms with van der Waals surface area (Å²) in [6.45, 7) is -0.00130. The summed E-state index contributed by atoms with van der Waals surface area (Å²) in [4.78, 5) is 12.3. The Kier molecular flexibility index (Phi) is 5.05. The fraction of sp³-hybridized carbons (Fsp3) is 0.0455. The van der Waals surface area contributed by atoms with Gasteiger partial charge in [-0.05, 0) is 48.5 Å². The molecule has 3 N–H and O–H groups in total. The molecule has 4 aromatic rings. The lowest BCUT2D eigenvalue weighted by Gasteiger charge is -2.12. The van der Waals surface area contributed by atoms with Crippen molar-refractivity contribution in [3.05, 3.63) is 89.7 Å². The third-order valence-electron chi connectivity index (χ3n) is 4.52. The van der Waals surface area contributed by atoms with Gasteiger partial charge in [0.2, 0.25) is 5.88 Å². The lowest BCUT2D eigenvalue weighted by Crippen LogP contribution is -2.18. The second-order valence-corrected chi connectivity index (χ2v) is 6.64. The van der Waals surface area contributed by atoms with Gasteiger partial charge in [0, 0.05) is 34.5 Å². The minimum Gasteiger partial charge on any atom is -0.399 e. The number of nitrogens with zero attached hydrogens (tertiary/aromatic N) is 1. The van der Waals surface area contributed by atoms with Crippen LogP contribution in [0.4, 0.5) is 29.3 Å². The highest BCUT2D eigenvalue weighted by Crippen LogP contribution is 2.29. The number of halogens is 3. The average molecular weight is 411 g/mol. The van der Waals surface area contributed by atoms with Gasteiger partial charge in [-0.2, -0.15) is 0 Å². The normalized spacial score (nSPS) is 10.9. The van der Waals surface area contributed by atoms with E-state index in [2.05, 4.69) is 5.32 Å². The predicted octanol–water partition coefficient (Wildman–Crippen LogP) is 5.30. The zero-order chi connectivity index (χ0) is 21.3. The van der Waals surface area contributed by atoms with E-state index >= 15 is 0 Å². The zero-order valence-corrected chi connectivity index (χ0v) is 15.5. The molecule has 3 aromatic carbocycles. The first-order valence-electron chi connectivity index (χ1n) is 8.96. The van der Waals surface area contributed by atoms with Gasteiger partial charge in [0.05, 0.1) is 12.1 Å². The van der Waals surface area contributed by atoms with E-state index < -0.39 is 23.5 Å². The summed E-state index contributed by atoms with van der Waals surface area (Å²) in [7, 11) is 0. The molecule has 0 saturated heterocycles. The van der Waals surface area contributed by atoms with E-state index in [0.29, 0.717) is 22.3 Å². The van der Waals surface area contributed by atoms with Crippen LogP contribution in [0, 0.1) is 17.5 Å². The highest BCUT2D eigenvalue weighted by molar-refractivity contribution is 5.89. The number of carbonyl (C=O) groups excluding carboxylic acids is 1. The maximum atomic E-state index is 14.2. The Balaban J connectivity index is 1.66. The summed E-state index contributed by atoms with van der Waals surface area (Å²) in [6, 6.07) is 15.1. The summed E-state index contributed by atoms with van der Waals surface area (Å²) in [5.41, 5.74) is 7.55. The van der Waals surface area contributed by atoms with Crippen LogP contribution in [0.25, 0.3) is 10.9 Å². The van der Waals surface area contributed by atoms with Crippen LogP contribution in [0.15, 0.2) is 66.7 Å². The number of ether oxygens (including phenoxy) is 1. The predicted molar refractivity (Wildman–Crippen MR) is 108 cm³/mol. The quantitative estimate of drug-likeness (QED) is 0.448. The van der Waals surface area contributed by atoms with Crippen molar-refractivity contribution in [2.75, 3.05) is 11.1 Å². The van der Waals surface area contributed by atoms with Gasteiger partial charge < -0.3 is 15.0 Å². The van der Waals surface area contributed by atoms with Gasteiger partial charge in [-0.15, -0.1) is 0 Å². The number of benzene rings is 3. The Morgan fingerprint density at radius 3 is 2.40 bits per heavy atom. The Morgan fingerprint density at radius 2 is 1.67 bits per heavy atom. The van der Waals surface area contributed by atoms with Crippen LogP contribution in [-0.2, 0) is 6.54 Å². The van der Waals surface area contributed by atoms with E-state index in [0.717, 1.165) is 12.1 Å². The Morgan fingerprint density at radius 1 is 0.933 bits per heavy atom. The van der Waals surface area contributed by atoms with Crippen LogP contribution in [0.2, 0.25) is 0 Å². The average Bonchev–Trinajstić information content (AvgIpc) is 3.01.